The van der Waals surface area contributed by atoms with Gasteiger partial charge in [0.25, 0.3) is 10.0 Å². The molecule has 1 amide bonds. The van der Waals surface area contributed by atoms with E-state index in [-0.39, 0.29) is 17.4 Å². The van der Waals surface area contributed by atoms with Crippen molar-refractivity contribution >= 4 is 27.3 Å². The van der Waals surface area contributed by atoms with Crippen molar-refractivity contribution in [2.75, 3.05) is 29.4 Å². The maximum absolute atomic E-state index is 13.0. The number of carbonyl (C=O) groups excluding carboxylic acids is 1. The molecule has 0 fully saturated rings. The molecule has 0 unspecified atom stereocenters. The van der Waals surface area contributed by atoms with Crippen LogP contribution in [0.4, 0.5) is 11.4 Å². The second kappa shape index (κ2) is 8.42. The third-order valence-electron chi connectivity index (χ3n) is 5.26. The Labute approximate surface area is 184 Å². The summed E-state index contributed by atoms with van der Waals surface area (Å²) in [5.74, 6) is 1.15. The number of hydrogen-bond acceptors (Lipinski definition) is 5. The van der Waals surface area contributed by atoms with Crippen LogP contribution in [0.25, 0.3) is 0 Å². The molecule has 7 nitrogen and oxygen atoms in total. The van der Waals surface area contributed by atoms with E-state index < -0.39 is 15.4 Å². The molecule has 0 aliphatic carbocycles. The van der Waals surface area contributed by atoms with E-state index in [1.165, 1.54) is 0 Å². The van der Waals surface area contributed by atoms with Crippen LogP contribution in [0.3, 0.4) is 0 Å². The largest absolute Gasteiger partial charge is 0.493 e. The van der Waals surface area contributed by atoms with Crippen LogP contribution in [0.15, 0.2) is 35.2 Å². The molecule has 0 aromatic heterocycles. The van der Waals surface area contributed by atoms with Crippen molar-refractivity contribution in [2.45, 2.75) is 46.4 Å². The van der Waals surface area contributed by atoms with Gasteiger partial charge in [-0.05, 0) is 76.9 Å². The summed E-state index contributed by atoms with van der Waals surface area (Å²) in [6.07, 6.45) is 0. The fraction of sp³-hybridized carbons (Fsp3) is 0.435. The summed E-state index contributed by atoms with van der Waals surface area (Å²) < 4.78 is 40.2. The number of nitrogens with zero attached hydrogens (tertiary/aromatic N) is 1. The number of benzene rings is 2. The highest BCUT2D eigenvalue weighted by atomic mass is 32.2. The standard InChI is InChI=1S/C23H30N2O5S/c1-7-25-19-10-9-17(13-20(19)30-14-23(5,6)22(25)26)24-31(27,28)18-11-15(3)21(29-8-2)16(4)12-18/h9-13,24H,7-8,14H2,1-6H3. The van der Waals surface area contributed by atoms with Crippen LogP contribution in [0.2, 0.25) is 0 Å². The molecule has 168 valence electrons. The number of hydrogen-bond donors (Lipinski definition) is 1. The maximum Gasteiger partial charge on any atom is 0.261 e. The van der Waals surface area contributed by atoms with E-state index in [2.05, 4.69) is 4.72 Å². The Hall–Kier alpha value is -2.74. The van der Waals surface area contributed by atoms with Gasteiger partial charge in [-0.1, -0.05) is 0 Å². The van der Waals surface area contributed by atoms with Gasteiger partial charge in [0.2, 0.25) is 5.91 Å². The second-order valence-electron chi connectivity index (χ2n) is 8.33. The molecule has 1 aliphatic heterocycles. The number of aryl methyl sites for hydroxylation is 2. The number of carbonyl (C=O) groups is 1. The first kappa shape index (κ1) is 22.9. The van der Waals surface area contributed by atoms with E-state index in [0.29, 0.717) is 36.0 Å². The van der Waals surface area contributed by atoms with Gasteiger partial charge in [-0.25, -0.2) is 8.42 Å². The number of anilines is 2. The van der Waals surface area contributed by atoms with Gasteiger partial charge in [-0.3, -0.25) is 9.52 Å². The van der Waals surface area contributed by atoms with Crippen molar-refractivity contribution in [1.29, 1.82) is 0 Å². The Morgan fingerprint density at radius 1 is 1.13 bits per heavy atom. The van der Waals surface area contributed by atoms with E-state index in [9.17, 15) is 13.2 Å². The molecule has 3 rings (SSSR count). The molecular weight excluding hydrogens is 416 g/mol. The molecule has 31 heavy (non-hydrogen) atoms. The Morgan fingerprint density at radius 3 is 2.35 bits per heavy atom. The van der Waals surface area contributed by atoms with Gasteiger partial charge in [0.05, 0.1) is 28.3 Å². The molecule has 1 N–H and O–H groups in total. The van der Waals surface area contributed by atoms with Gasteiger partial charge >= 0.3 is 0 Å². The highest BCUT2D eigenvalue weighted by molar-refractivity contribution is 7.92. The predicted octanol–water partition coefficient (Wildman–Crippen LogP) is 4.27. The molecular formula is C23H30N2O5S. The highest BCUT2D eigenvalue weighted by Crippen LogP contribution is 2.38. The third kappa shape index (κ3) is 4.49. The van der Waals surface area contributed by atoms with Gasteiger partial charge < -0.3 is 14.4 Å². The minimum atomic E-state index is -3.82. The van der Waals surface area contributed by atoms with Gasteiger partial charge in [0.1, 0.15) is 18.1 Å². The number of ether oxygens (including phenoxy) is 2. The summed E-state index contributed by atoms with van der Waals surface area (Å²) in [6.45, 7) is 12.3. The van der Waals surface area contributed by atoms with E-state index in [4.69, 9.17) is 9.47 Å². The van der Waals surface area contributed by atoms with Crippen LogP contribution in [0, 0.1) is 19.3 Å². The van der Waals surface area contributed by atoms with Crippen molar-refractivity contribution in [1.82, 2.24) is 0 Å². The molecule has 1 aliphatic rings. The van der Waals surface area contributed by atoms with Crippen molar-refractivity contribution in [3.05, 3.63) is 41.5 Å². The lowest BCUT2D eigenvalue weighted by Gasteiger charge is -2.26. The maximum atomic E-state index is 13.0. The van der Waals surface area contributed by atoms with Crippen LogP contribution in [0.5, 0.6) is 11.5 Å². The first-order valence-electron chi connectivity index (χ1n) is 10.4. The molecule has 0 bridgehead atoms. The summed E-state index contributed by atoms with van der Waals surface area (Å²) in [5.41, 5.74) is 1.84. The lowest BCUT2D eigenvalue weighted by molar-refractivity contribution is -0.127. The smallest absolute Gasteiger partial charge is 0.261 e. The molecule has 8 heteroatoms. The average molecular weight is 447 g/mol. The van der Waals surface area contributed by atoms with Crippen LogP contribution in [0.1, 0.15) is 38.8 Å². The molecule has 2 aromatic rings. The normalized spacial score (nSPS) is 15.7. The van der Waals surface area contributed by atoms with E-state index in [1.54, 1.807) is 35.2 Å². The number of sulfonamides is 1. The Kier molecular flexibility index (Phi) is 6.23. The number of nitrogens with one attached hydrogen (secondary N) is 1. The minimum Gasteiger partial charge on any atom is -0.493 e. The first-order chi connectivity index (χ1) is 14.5. The van der Waals surface area contributed by atoms with Gasteiger partial charge in [-0.15, -0.1) is 0 Å². The molecule has 0 atom stereocenters. The zero-order valence-electron chi connectivity index (χ0n) is 18.9. The first-order valence-corrected chi connectivity index (χ1v) is 11.8. The van der Waals surface area contributed by atoms with Gasteiger partial charge in [0.15, 0.2) is 0 Å². The van der Waals surface area contributed by atoms with Crippen LogP contribution in [-0.4, -0.2) is 34.1 Å². The zero-order valence-corrected chi connectivity index (χ0v) is 19.7. The number of fused-ring (bicyclic) bond motifs is 1. The summed E-state index contributed by atoms with van der Waals surface area (Å²) in [4.78, 5) is 14.6. The summed E-state index contributed by atoms with van der Waals surface area (Å²) in [5, 5.41) is 0. The van der Waals surface area contributed by atoms with Gasteiger partial charge in [-0.2, -0.15) is 0 Å². The molecule has 2 aromatic carbocycles. The van der Waals surface area contributed by atoms with E-state index in [1.807, 2.05) is 41.5 Å². The summed E-state index contributed by atoms with van der Waals surface area (Å²) in [6, 6.07) is 8.17. The van der Waals surface area contributed by atoms with Crippen LogP contribution in [-0.2, 0) is 14.8 Å². The molecule has 0 spiro atoms. The zero-order chi connectivity index (χ0) is 23.0. The lowest BCUT2D eigenvalue weighted by atomic mass is 9.93. The van der Waals surface area contributed by atoms with Crippen molar-refractivity contribution in [2.24, 2.45) is 5.41 Å². The predicted molar refractivity (Wildman–Crippen MR) is 122 cm³/mol. The van der Waals surface area contributed by atoms with Crippen molar-refractivity contribution in [3.63, 3.8) is 0 Å². The molecule has 0 saturated carbocycles. The van der Waals surface area contributed by atoms with Crippen molar-refractivity contribution in [3.8, 4) is 11.5 Å². The Balaban J connectivity index is 1.94. The number of rotatable bonds is 6. The fourth-order valence-corrected chi connectivity index (χ4v) is 4.90. The summed E-state index contributed by atoms with van der Waals surface area (Å²) >= 11 is 0. The van der Waals surface area contributed by atoms with Gasteiger partial charge in [0, 0.05) is 12.6 Å². The number of amides is 1. The van der Waals surface area contributed by atoms with E-state index >= 15 is 0 Å². The summed E-state index contributed by atoms with van der Waals surface area (Å²) in [7, 11) is -3.82. The lowest BCUT2D eigenvalue weighted by Crippen LogP contribution is -2.42. The van der Waals surface area contributed by atoms with E-state index in [0.717, 1.165) is 11.1 Å². The third-order valence-corrected chi connectivity index (χ3v) is 6.63. The molecule has 0 radical (unpaired) electrons. The Morgan fingerprint density at radius 2 is 1.77 bits per heavy atom. The fourth-order valence-electron chi connectivity index (χ4n) is 3.68. The molecule has 1 heterocycles. The monoisotopic (exact) mass is 446 g/mol. The quantitative estimate of drug-likeness (QED) is 0.716. The Bertz CT molecular complexity index is 1090. The average Bonchev–Trinajstić information content (AvgIpc) is 2.79. The van der Waals surface area contributed by atoms with Crippen LogP contribution < -0.4 is 19.1 Å². The van der Waals surface area contributed by atoms with Crippen LogP contribution >= 0.6 is 0 Å². The topological polar surface area (TPSA) is 84.9 Å². The molecule has 0 saturated heterocycles. The van der Waals surface area contributed by atoms with Crippen molar-refractivity contribution < 1.29 is 22.7 Å². The SMILES string of the molecule is CCOc1c(C)cc(S(=O)(=O)Nc2ccc3c(c2)OCC(C)(C)C(=O)N3CC)cc1C. The highest BCUT2D eigenvalue weighted by Gasteiger charge is 2.37. The minimum absolute atomic E-state index is 0.0255. The second-order valence-corrected chi connectivity index (χ2v) is 10.0.